The summed E-state index contributed by atoms with van der Waals surface area (Å²) >= 11 is 1.23. The van der Waals surface area contributed by atoms with Gasteiger partial charge in [0, 0.05) is 23.3 Å². The van der Waals surface area contributed by atoms with Crippen LogP contribution in [0.3, 0.4) is 0 Å². The molecular formula is C18H18NO5S-. The Morgan fingerprint density at radius 3 is 2.52 bits per heavy atom. The second-order valence-corrected chi connectivity index (χ2v) is 6.09. The minimum Gasteiger partial charge on any atom is -0.550 e. The molecule has 0 radical (unpaired) electrons. The topological polar surface area (TPSA) is 95.5 Å². The number of carbonyl (C=O) groups excluding carboxylic acids is 3. The van der Waals surface area contributed by atoms with Gasteiger partial charge in [0.2, 0.25) is 5.91 Å². The van der Waals surface area contributed by atoms with Crippen molar-refractivity contribution in [1.82, 2.24) is 0 Å². The second-order valence-electron chi connectivity index (χ2n) is 5.21. The SMILES string of the molecule is CCOC(=O)c1c(-c2ccccc2)csc1NC(=O)CCCC(=O)[O-]. The largest absolute Gasteiger partial charge is 0.550 e. The van der Waals surface area contributed by atoms with Crippen LogP contribution in [0.2, 0.25) is 0 Å². The van der Waals surface area contributed by atoms with Crippen molar-refractivity contribution in [2.45, 2.75) is 26.2 Å². The molecule has 25 heavy (non-hydrogen) atoms. The van der Waals surface area contributed by atoms with Gasteiger partial charge in [-0.25, -0.2) is 4.79 Å². The molecule has 1 aromatic heterocycles. The molecule has 7 heteroatoms. The summed E-state index contributed by atoms with van der Waals surface area (Å²) in [5.74, 6) is -2.05. The molecule has 0 saturated carbocycles. The number of amides is 1. The molecule has 0 fully saturated rings. The lowest BCUT2D eigenvalue weighted by molar-refractivity contribution is -0.305. The van der Waals surface area contributed by atoms with Gasteiger partial charge in [-0.15, -0.1) is 11.3 Å². The predicted octanol–water partition coefficient (Wildman–Crippen LogP) is 2.45. The fraction of sp³-hybridized carbons (Fsp3) is 0.278. The molecule has 1 amide bonds. The van der Waals surface area contributed by atoms with Crippen molar-refractivity contribution in [3.63, 3.8) is 0 Å². The molecule has 6 nitrogen and oxygen atoms in total. The highest BCUT2D eigenvalue weighted by atomic mass is 32.1. The molecule has 0 aliphatic carbocycles. The van der Waals surface area contributed by atoms with Gasteiger partial charge in [-0.2, -0.15) is 0 Å². The van der Waals surface area contributed by atoms with Crippen LogP contribution < -0.4 is 10.4 Å². The van der Waals surface area contributed by atoms with Crippen molar-refractivity contribution in [2.24, 2.45) is 0 Å². The average molecular weight is 360 g/mol. The van der Waals surface area contributed by atoms with Crippen LogP contribution >= 0.6 is 11.3 Å². The first-order valence-corrected chi connectivity index (χ1v) is 8.74. The Balaban J connectivity index is 2.23. The van der Waals surface area contributed by atoms with E-state index in [9.17, 15) is 19.5 Å². The third-order valence-corrected chi connectivity index (χ3v) is 4.29. The van der Waals surface area contributed by atoms with Crippen LogP contribution in [0.25, 0.3) is 11.1 Å². The summed E-state index contributed by atoms with van der Waals surface area (Å²) in [7, 11) is 0. The van der Waals surface area contributed by atoms with Gasteiger partial charge in [0.1, 0.15) is 10.6 Å². The highest BCUT2D eigenvalue weighted by Gasteiger charge is 2.22. The molecule has 0 unspecified atom stereocenters. The van der Waals surface area contributed by atoms with E-state index in [4.69, 9.17) is 4.74 Å². The maximum atomic E-state index is 12.4. The van der Waals surface area contributed by atoms with Crippen molar-refractivity contribution in [3.8, 4) is 11.1 Å². The normalized spacial score (nSPS) is 10.3. The van der Waals surface area contributed by atoms with E-state index in [-0.39, 0.29) is 31.8 Å². The number of nitrogens with one attached hydrogen (secondary N) is 1. The zero-order valence-electron chi connectivity index (χ0n) is 13.7. The first-order valence-electron chi connectivity index (χ1n) is 7.86. The Hall–Kier alpha value is -2.67. The molecule has 0 aliphatic rings. The first kappa shape index (κ1) is 18.7. The summed E-state index contributed by atoms with van der Waals surface area (Å²) < 4.78 is 5.11. The third-order valence-electron chi connectivity index (χ3n) is 3.39. The van der Waals surface area contributed by atoms with Crippen LogP contribution in [0.1, 0.15) is 36.5 Å². The summed E-state index contributed by atoms with van der Waals surface area (Å²) in [6.07, 6.45) is 0.0342. The minimum atomic E-state index is -1.19. The number of carboxylic acid groups (broad SMARTS) is 1. The van der Waals surface area contributed by atoms with E-state index in [1.807, 2.05) is 30.3 Å². The zero-order chi connectivity index (χ0) is 18.2. The van der Waals surface area contributed by atoms with E-state index in [1.54, 1.807) is 12.3 Å². The Labute approximate surface area is 149 Å². The third kappa shape index (κ3) is 5.15. The van der Waals surface area contributed by atoms with E-state index < -0.39 is 11.9 Å². The van der Waals surface area contributed by atoms with E-state index >= 15 is 0 Å². The Kier molecular flexibility index (Phi) is 6.71. The average Bonchev–Trinajstić information content (AvgIpc) is 2.99. The van der Waals surface area contributed by atoms with Gasteiger partial charge in [-0.1, -0.05) is 30.3 Å². The number of benzene rings is 1. The number of aliphatic carboxylic acids is 1. The number of anilines is 1. The van der Waals surface area contributed by atoms with Crippen molar-refractivity contribution < 1.29 is 24.2 Å². The van der Waals surface area contributed by atoms with Crippen LogP contribution in [0.5, 0.6) is 0 Å². The molecule has 0 saturated heterocycles. The van der Waals surface area contributed by atoms with E-state index in [1.165, 1.54) is 11.3 Å². The van der Waals surface area contributed by atoms with Crippen molar-refractivity contribution in [1.29, 1.82) is 0 Å². The Morgan fingerprint density at radius 2 is 1.88 bits per heavy atom. The number of thiophene rings is 1. The smallest absolute Gasteiger partial charge is 0.341 e. The van der Waals surface area contributed by atoms with Gasteiger partial charge in [-0.3, -0.25) is 4.79 Å². The van der Waals surface area contributed by atoms with Gasteiger partial charge in [-0.05, 0) is 25.3 Å². The quantitative estimate of drug-likeness (QED) is 0.730. The van der Waals surface area contributed by atoms with Crippen molar-refractivity contribution >= 4 is 34.2 Å². The van der Waals surface area contributed by atoms with Gasteiger partial charge < -0.3 is 20.0 Å². The molecule has 1 aromatic carbocycles. The summed E-state index contributed by atoms with van der Waals surface area (Å²) in [5, 5.41) is 15.3. The van der Waals surface area contributed by atoms with Gasteiger partial charge in [0.15, 0.2) is 0 Å². The lowest BCUT2D eigenvalue weighted by Crippen LogP contribution is -2.22. The fourth-order valence-corrected chi connectivity index (χ4v) is 3.24. The van der Waals surface area contributed by atoms with Crippen molar-refractivity contribution in [3.05, 3.63) is 41.3 Å². The maximum absolute atomic E-state index is 12.4. The first-order chi connectivity index (χ1) is 12.0. The number of ether oxygens (including phenoxy) is 1. The summed E-state index contributed by atoms with van der Waals surface area (Å²) in [5.41, 5.74) is 1.85. The van der Waals surface area contributed by atoms with E-state index in [2.05, 4.69) is 5.32 Å². The molecule has 2 aromatic rings. The lowest BCUT2D eigenvalue weighted by Gasteiger charge is -2.09. The standard InChI is InChI=1S/C18H19NO5S/c1-2-24-18(23)16-13(12-7-4-3-5-8-12)11-25-17(16)19-14(20)9-6-10-15(21)22/h3-5,7-8,11H,2,6,9-10H2,1H3,(H,19,20)(H,21,22)/p-1. The lowest BCUT2D eigenvalue weighted by atomic mass is 10.0. The Morgan fingerprint density at radius 1 is 1.16 bits per heavy atom. The molecule has 2 rings (SSSR count). The number of hydrogen-bond acceptors (Lipinski definition) is 6. The molecule has 0 spiro atoms. The number of hydrogen-bond donors (Lipinski definition) is 1. The summed E-state index contributed by atoms with van der Waals surface area (Å²) in [4.78, 5) is 34.8. The maximum Gasteiger partial charge on any atom is 0.341 e. The van der Waals surface area contributed by atoms with Crippen LogP contribution in [0, 0.1) is 0 Å². The highest BCUT2D eigenvalue weighted by Crippen LogP contribution is 2.36. The second kappa shape index (κ2) is 8.98. The molecule has 132 valence electrons. The van der Waals surface area contributed by atoms with Crippen LogP contribution in [0.15, 0.2) is 35.7 Å². The van der Waals surface area contributed by atoms with Crippen molar-refractivity contribution in [2.75, 3.05) is 11.9 Å². The zero-order valence-corrected chi connectivity index (χ0v) is 14.6. The molecular weight excluding hydrogens is 342 g/mol. The minimum absolute atomic E-state index is 0.0365. The fourth-order valence-electron chi connectivity index (χ4n) is 2.27. The van der Waals surface area contributed by atoms with Gasteiger partial charge >= 0.3 is 5.97 Å². The van der Waals surface area contributed by atoms with Gasteiger partial charge in [0.25, 0.3) is 0 Å². The summed E-state index contributed by atoms with van der Waals surface area (Å²) in [6.45, 7) is 1.94. The number of esters is 1. The monoisotopic (exact) mass is 360 g/mol. The highest BCUT2D eigenvalue weighted by molar-refractivity contribution is 7.15. The molecule has 1 N–H and O–H groups in total. The molecule has 0 bridgehead atoms. The number of carboxylic acids is 1. The van der Waals surface area contributed by atoms with Crippen LogP contribution in [0.4, 0.5) is 5.00 Å². The van der Waals surface area contributed by atoms with Crippen LogP contribution in [-0.4, -0.2) is 24.5 Å². The molecule has 0 aliphatic heterocycles. The number of rotatable bonds is 8. The molecule has 1 heterocycles. The van der Waals surface area contributed by atoms with Crippen LogP contribution in [-0.2, 0) is 14.3 Å². The van der Waals surface area contributed by atoms with E-state index in [0.717, 1.165) is 5.56 Å². The number of carbonyl (C=O) groups is 3. The van der Waals surface area contributed by atoms with E-state index in [0.29, 0.717) is 16.1 Å². The summed E-state index contributed by atoms with van der Waals surface area (Å²) in [6, 6.07) is 9.34. The Bertz CT molecular complexity index is 754. The van der Waals surface area contributed by atoms with Gasteiger partial charge in [0.05, 0.1) is 6.61 Å². The molecule has 0 atom stereocenters. The predicted molar refractivity (Wildman–Crippen MR) is 93.2 cm³/mol.